The van der Waals surface area contributed by atoms with E-state index in [1.165, 1.54) is 0 Å². The van der Waals surface area contributed by atoms with Crippen LogP contribution in [-0.4, -0.2) is 12.3 Å². The van der Waals surface area contributed by atoms with Crippen molar-refractivity contribution in [3.05, 3.63) is 29.3 Å². The molecule has 4 nitrogen and oxygen atoms in total. The van der Waals surface area contributed by atoms with E-state index in [4.69, 9.17) is 15.0 Å². The van der Waals surface area contributed by atoms with Gasteiger partial charge in [0, 0.05) is 6.07 Å². The van der Waals surface area contributed by atoms with Gasteiger partial charge in [0.25, 0.3) is 0 Å². The molecule has 4 heteroatoms. The SMILES string of the molecule is COc1c(C)ccc(C(C)C)c1-c1cc(N)no1. The molecule has 0 radical (unpaired) electrons. The summed E-state index contributed by atoms with van der Waals surface area (Å²) in [7, 11) is 1.66. The number of aryl methyl sites for hydroxylation is 1. The third-order valence-corrected chi connectivity index (χ3v) is 2.99. The average Bonchev–Trinajstić information content (AvgIpc) is 2.74. The van der Waals surface area contributed by atoms with Gasteiger partial charge in [0.05, 0.1) is 12.7 Å². The van der Waals surface area contributed by atoms with Crippen LogP contribution in [-0.2, 0) is 0 Å². The monoisotopic (exact) mass is 246 g/mol. The van der Waals surface area contributed by atoms with E-state index in [9.17, 15) is 0 Å². The molecule has 0 saturated heterocycles. The lowest BCUT2D eigenvalue weighted by atomic mass is 9.93. The third kappa shape index (κ3) is 2.06. The number of hydrogen-bond donors (Lipinski definition) is 1. The molecule has 1 heterocycles. The van der Waals surface area contributed by atoms with Crippen molar-refractivity contribution in [2.24, 2.45) is 0 Å². The van der Waals surface area contributed by atoms with E-state index in [-0.39, 0.29) is 0 Å². The highest BCUT2D eigenvalue weighted by Gasteiger charge is 2.19. The van der Waals surface area contributed by atoms with E-state index >= 15 is 0 Å². The Morgan fingerprint density at radius 3 is 2.56 bits per heavy atom. The summed E-state index contributed by atoms with van der Waals surface area (Å²) in [6, 6.07) is 5.87. The summed E-state index contributed by atoms with van der Waals surface area (Å²) in [6.45, 7) is 6.27. The number of nitrogens with two attached hydrogens (primary N) is 1. The smallest absolute Gasteiger partial charge is 0.173 e. The molecular formula is C14H18N2O2. The fourth-order valence-electron chi connectivity index (χ4n) is 2.11. The van der Waals surface area contributed by atoms with Gasteiger partial charge in [0.1, 0.15) is 5.75 Å². The topological polar surface area (TPSA) is 61.3 Å². The molecule has 2 aromatic rings. The molecule has 0 aliphatic heterocycles. The summed E-state index contributed by atoms with van der Waals surface area (Å²) in [5.41, 5.74) is 8.79. The van der Waals surface area contributed by atoms with Crippen LogP contribution in [0.5, 0.6) is 5.75 Å². The van der Waals surface area contributed by atoms with Crippen LogP contribution in [0.2, 0.25) is 0 Å². The van der Waals surface area contributed by atoms with Gasteiger partial charge in [-0.25, -0.2) is 0 Å². The fourth-order valence-corrected chi connectivity index (χ4v) is 2.11. The molecule has 1 aromatic carbocycles. The third-order valence-electron chi connectivity index (χ3n) is 2.99. The highest BCUT2D eigenvalue weighted by molar-refractivity contribution is 5.73. The number of anilines is 1. The van der Waals surface area contributed by atoms with E-state index in [1.807, 2.05) is 6.92 Å². The number of hydrogen-bond acceptors (Lipinski definition) is 4. The number of methoxy groups -OCH3 is 1. The van der Waals surface area contributed by atoms with E-state index in [1.54, 1.807) is 13.2 Å². The van der Waals surface area contributed by atoms with Crippen LogP contribution in [0.4, 0.5) is 5.82 Å². The zero-order chi connectivity index (χ0) is 13.3. The summed E-state index contributed by atoms with van der Waals surface area (Å²) in [5, 5.41) is 3.75. The van der Waals surface area contributed by atoms with Crippen LogP contribution < -0.4 is 10.5 Å². The van der Waals surface area contributed by atoms with Crippen molar-refractivity contribution in [2.45, 2.75) is 26.7 Å². The van der Waals surface area contributed by atoms with Gasteiger partial charge in [-0.15, -0.1) is 0 Å². The quantitative estimate of drug-likeness (QED) is 0.902. The van der Waals surface area contributed by atoms with Crippen molar-refractivity contribution in [1.29, 1.82) is 0 Å². The minimum atomic E-state index is 0.362. The molecule has 0 amide bonds. The van der Waals surface area contributed by atoms with E-state index < -0.39 is 0 Å². The Morgan fingerprint density at radius 1 is 1.33 bits per heavy atom. The highest BCUT2D eigenvalue weighted by atomic mass is 16.5. The molecule has 0 atom stereocenters. The second-order valence-corrected chi connectivity index (χ2v) is 4.65. The van der Waals surface area contributed by atoms with Gasteiger partial charge in [-0.2, -0.15) is 0 Å². The van der Waals surface area contributed by atoms with Crippen molar-refractivity contribution in [2.75, 3.05) is 12.8 Å². The average molecular weight is 246 g/mol. The molecule has 2 rings (SSSR count). The van der Waals surface area contributed by atoms with Crippen LogP contribution in [0.3, 0.4) is 0 Å². The number of nitrogen functional groups attached to an aromatic ring is 1. The molecule has 0 saturated carbocycles. The molecule has 18 heavy (non-hydrogen) atoms. The van der Waals surface area contributed by atoms with Gasteiger partial charge in [0.2, 0.25) is 0 Å². The first-order chi connectivity index (χ1) is 8.54. The lowest BCUT2D eigenvalue weighted by molar-refractivity contribution is 0.403. The summed E-state index contributed by atoms with van der Waals surface area (Å²) in [4.78, 5) is 0. The van der Waals surface area contributed by atoms with Crippen LogP contribution in [0.15, 0.2) is 22.7 Å². The Kier molecular flexibility index (Phi) is 3.28. The number of nitrogens with zero attached hydrogens (tertiary/aromatic N) is 1. The Morgan fingerprint density at radius 2 is 2.06 bits per heavy atom. The summed E-state index contributed by atoms with van der Waals surface area (Å²) in [5.74, 6) is 2.21. The van der Waals surface area contributed by atoms with Gasteiger partial charge in [-0.1, -0.05) is 31.1 Å². The highest BCUT2D eigenvalue weighted by Crippen LogP contribution is 2.39. The van der Waals surface area contributed by atoms with Crippen molar-refractivity contribution >= 4 is 5.82 Å². The molecule has 2 N–H and O–H groups in total. The van der Waals surface area contributed by atoms with E-state index in [0.29, 0.717) is 17.5 Å². The van der Waals surface area contributed by atoms with Crippen LogP contribution in [0.1, 0.15) is 30.9 Å². The van der Waals surface area contributed by atoms with Crippen molar-refractivity contribution in [3.63, 3.8) is 0 Å². The molecule has 0 aliphatic rings. The zero-order valence-corrected chi connectivity index (χ0v) is 11.2. The maximum atomic E-state index is 5.63. The Hall–Kier alpha value is -1.97. The minimum absolute atomic E-state index is 0.362. The Balaban J connectivity index is 2.72. The second kappa shape index (κ2) is 4.72. The Bertz CT molecular complexity index is 559. The standard InChI is InChI=1S/C14H18N2O2/c1-8(2)10-6-5-9(3)14(17-4)13(10)11-7-12(15)16-18-11/h5-8H,1-4H3,(H2,15,16). The van der Waals surface area contributed by atoms with Crippen molar-refractivity contribution in [3.8, 4) is 17.1 Å². The predicted octanol–water partition coefficient (Wildman–Crippen LogP) is 3.36. The maximum Gasteiger partial charge on any atom is 0.173 e. The number of benzene rings is 1. The number of aromatic nitrogens is 1. The fraction of sp³-hybridized carbons (Fsp3) is 0.357. The molecular weight excluding hydrogens is 228 g/mol. The van der Waals surface area contributed by atoms with Crippen LogP contribution in [0, 0.1) is 6.92 Å². The first-order valence-electron chi connectivity index (χ1n) is 5.94. The number of rotatable bonds is 3. The molecule has 1 aromatic heterocycles. The van der Waals surface area contributed by atoms with Crippen LogP contribution in [0.25, 0.3) is 11.3 Å². The summed E-state index contributed by atoms with van der Waals surface area (Å²) in [6.07, 6.45) is 0. The minimum Gasteiger partial charge on any atom is -0.496 e. The molecule has 0 fully saturated rings. The molecule has 0 bridgehead atoms. The van der Waals surface area contributed by atoms with Crippen molar-refractivity contribution in [1.82, 2.24) is 5.16 Å². The van der Waals surface area contributed by atoms with Crippen molar-refractivity contribution < 1.29 is 9.26 Å². The van der Waals surface area contributed by atoms with Gasteiger partial charge in [-0.3, -0.25) is 0 Å². The molecule has 0 spiro atoms. The lowest BCUT2D eigenvalue weighted by Crippen LogP contribution is -1.98. The molecule has 96 valence electrons. The largest absolute Gasteiger partial charge is 0.496 e. The predicted molar refractivity (Wildman–Crippen MR) is 71.7 cm³/mol. The second-order valence-electron chi connectivity index (χ2n) is 4.65. The van der Waals surface area contributed by atoms with Gasteiger partial charge < -0.3 is 15.0 Å². The molecule has 0 aliphatic carbocycles. The number of ether oxygens (including phenoxy) is 1. The molecule has 0 unspecified atom stereocenters. The Labute approximate surface area is 107 Å². The zero-order valence-electron chi connectivity index (χ0n) is 11.2. The first-order valence-corrected chi connectivity index (χ1v) is 5.94. The first kappa shape index (κ1) is 12.5. The van der Waals surface area contributed by atoms with Crippen LogP contribution >= 0.6 is 0 Å². The van der Waals surface area contributed by atoms with E-state index in [0.717, 1.165) is 22.4 Å². The lowest BCUT2D eigenvalue weighted by Gasteiger charge is -2.16. The summed E-state index contributed by atoms with van der Waals surface area (Å²) >= 11 is 0. The van der Waals surface area contributed by atoms with Gasteiger partial charge in [0.15, 0.2) is 11.6 Å². The normalized spacial score (nSPS) is 10.9. The van der Waals surface area contributed by atoms with Gasteiger partial charge in [-0.05, 0) is 24.0 Å². The maximum absolute atomic E-state index is 5.63. The van der Waals surface area contributed by atoms with E-state index in [2.05, 4.69) is 31.1 Å². The van der Waals surface area contributed by atoms with Gasteiger partial charge >= 0.3 is 0 Å². The summed E-state index contributed by atoms with van der Waals surface area (Å²) < 4.78 is 10.8.